The zero-order valence-electron chi connectivity index (χ0n) is 16.9. The monoisotopic (exact) mass is 493 g/mol. The van der Waals surface area contributed by atoms with Gasteiger partial charge in [-0.05, 0) is 54.1 Å². The minimum absolute atomic E-state index is 0.00640. The Morgan fingerprint density at radius 2 is 1.67 bits per heavy atom. The fourth-order valence-electron chi connectivity index (χ4n) is 3.57. The number of fused-ring (bicyclic) bond motifs is 1. The van der Waals surface area contributed by atoms with Gasteiger partial charge in [0, 0.05) is 39.1 Å². The maximum Gasteiger partial charge on any atom is 0.232 e. The minimum atomic E-state index is -0.377. The van der Waals surface area contributed by atoms with Gasteiger partial charge in [0.25, 0.3) is 0 Å². The second-order valence-electron chi connectivity index (χ2n) is 7.28. The molecule has 0 fully saturated rings. The quantitative estimate of drug-likeness (QED) is 0.264. The molecule has 0 saturated heterocycles. The fourth-order valence-corrected chi connectivity index (χ4v) is 4.20. The number of carbonyl (C=O) groups is 1. The van der Waals surface area contributed by atoms with E-state index in [2.05, 4.69) is 4.98 Å². The Labute approximate surface area is 203 Å². The van der Waals surface area contributed by atoms with Crippen LogP contribution in [0.1, 0.15) is 16.1 Å². The average Bonchev–Trinajstić information content (AvgIpc) is 3.14. The summed E-state index contributed by atoms with van der Waals surface area (Å²) in [6, 6.07) is 17.6. The van der Waals surface area contributed by atoms with Crippen LogP contribution in [0.3, 0.4) is 0 Å². The second-order valence-corrected chi connectivity index (χ2v) is 8.56. The van der Waals surface area contributed by atoms with Gasteiger partial charge in [0.1, 0.15) is 0 Å². The molecule has 5 rings (SSSR count). The predicted octanol–water partition coefficient (Wildman–Crippen LogP) is 7.33. The molecule has 5 nitrogen and oxygen atoms in total. The lowest BCUT2D eigenvalue weighted by Crippen LogP contribution is -2.03. The molecule has 8 heteroatoms. The third-order valence-electron chi connectivity index (χ3n) is 5.19. The number of pyridine rings is 2. The molecule has 3 heterocycles. The van der Waals surface area contributed by atoms with Gasteiger partial charge < -0.3 is 10.2 Å². The van der Waals surface area contributed by atoms with Crippen molar-refractivity contribution in [1.29, 1.82) is 0 Å². The summed E-state index contributed by atoms with van der Waals surface area (Å²) in [5.41, 5.74) is 9.94. The van der Waals surface area contributed by atoms with Gasteiger partial charge in [-0.1, -0.05) is 46.9 Å². The molecule has 33 heavy (non-hydrogen) atoms. The van der Waals surface area contributed by atoms with Crippen molar-refractivity contribution in [3.05, 3.63) is 99.4 Å². The molecule has 2 N–H and O–H groups in total. The maximum atomic E-state index is 13.0. The molecule has 0 aliphatic carbocycles. The fraction of sp³-hybridized carbons (Fsp3) is 0. The summed E-state index contributed by atoms with van der Waals surface area (Å²) in [6.07, 6.45) is 3.04. The lowest BCUT2D eigenvalue weighted by atomic mass is 9.98. The summed E-state index contributed by atoms with van der Waals surface area (Å²) >= 11 is 18.7. The third kappa shape index (κ3) is 3.95. The van der Waals surface area contributed by atoms with E-state index in [4.69, 9.17) is 49.9 Å². The van der Waals surface area contributed by atoms with E-state index in [0.29, 0.717) is 37.3 Å². The standard InChI is InChI=1S/C25H14Cl3N3O2/c26-15-5-3-13(4-6-15)18-11-19-21(29)24(23(32)14-2-1-9-30-12-14)33-25(19)31-22(18)17-8-7-16(27)10-20(17)28/h1-12H,29H2. The van der Waals surface area contributed by atoms with Crippen LogP contribution in [0.15, 0.2) is 77.5 Å². The first kappa shape index (κ1) is 21.5. The molecule has 0 radical (unpaired) electrons. The first-order valence-electron chi connectivity index (χ1n) is 9.81. The largest absolute Gasteiger partial charge is 0.432 e. The lowest BCUT2D eigenvalue weighted by molar-refractivity contribution is 0.101. The van der Waals surface area contributed by atoms with Crippen LogP contribution in [0.5, 0.6) is 0 Å². The number of furan rings is 1. The van der Waals surface area contributed by atoms with Crippen molar-refractivity contribution in [2.24, 2.45) is 0 Å². The molecule has 5 aromatic rings. The van der Waals surface area contributed by atoms with Crippen LogP contribution in [0.2, 0.25) is 15.1 Å². The summed E-state index contributed by atoms with van der Waals surface area (Å²) in [7, 11) is 0. The molecule has 3 aromatic heterocycles. The van der Waals surface area contributed by atoms with Gasteiger partial charge in [0.05, 0.1) is 21.8 Å². The van der Waals surface area contributed by atoms with E-state index in [1.807, 2.05) is 18.2 Å². The highest BCUT2D eigenvalue weighted by Crippen LogP contribution is 2.40. The lowest BCUT2D eigenvalue weighted by Gasteiger charge is -2.11. The van der Waals surface area contributed by atoms with E-state index in [1.54, 1.807) is 48.7 Å². The van der Waals surface area contributed by atoms with Crippen LogP contribution in [-0.2, 0) is 0 Å². The Bertz CT molecular complexity index is 1510. The number of anilines is 1. The van der Waals surface area contributed by atoms with Crippen LogP contribution in [0.4, 0.5) is 5.69 Å². The van der Waals surface area contributed by atoms with Crippen LogP contribution >= 0.6 is 34.8 Å². The number of ketones is 1. The minimum Gasteiger partial charge on any atom is -0.432 e. The van der Waals surface area contributed by atoms with Gasteiger partial charge in [-0.2, -0.15) is 0 Å². The maximum absolute atomic E-state index is 13.0. The van der Waals surface area contributed by atoms with Crippen molar-refractivity contribution in [2.45, 2.75) is 0 Å². The van der Waals surface area contributed by atoms with E-state index in [9.17, 15) is 4.79 Å². The zero-order chi connectivity index (χ0) is 23.1. The van der Waals surface area contributed by atoms with Crippen LogP contribution in [0.25, 0.3) is 33.5 Å². The Morgan fingerprint density at radius 3 is 2.36 bits per heavy atom. The number of rotatable bonds is 4. The second kappa shape index (κ2) is 8.52. The SMILES string of the molecule is Nc1c(C(=O)c2cccnc2)oc2nc(-c3ccc(Cl)cc3Cl)c(-c3ccc(Cl)cc3)cc12. The molecule has 2 aromatic carbocycles. The third-order valence-corrected chi connectivity index (χ3v) is 5.99. The average molecular weight is 495 g/mol. The van der Waals surface area contributed by atoms with E-state index >= 15 is 0 Å². The normalized spacial score (nSPS) is 11.1. The van der Waals surface area contributed by atoms with Crippen LogP contribution < -0.4 is 5.73 Å². The van der Waals surface area contributed by atoms with Gasteiger partial charge in [-0.25, -0.2) is 4.98 Å². The molecule has 0 saturated carbocycles. The van der Waals surface area contributed by atoms with Crippen molar-refractivity contribution in [2.75, 3.05) is 5.73 Å². The Morgan fingerprint density at radius 1 is 0.909 bits per heavy atom. The number of nitrogens with zero attached hydrogens (tertiary/aromatic N) is 2. The van der Waals surface area contributed by atoms with Gasteiger partial charge in [0.15, 0.2) is 0 Å². The van der Waals surface area contributed by atoms with Gasteiger partial charge in [0.2, 0.25) is 17.3 Å². The van der Waals surface area contributed by atoms with Gasteiger partial charge in [-0.3, -0.25) is 9.78 Å². The van der Waals surface area contributed by atoms with Crippen LogP contribution in [-0.4, -0.2) is 15.8 Å². The molecule has 0 spiro atoms. The number of carbonyl (C=O) groups excluding carboxylic acids is 1. The topological polar surface area (TPSA) is 82.0 Å². The van der Waals surface area contributed by atoms with Gasteiger partial charge >= 0.3 is 0 Å². The van der Waals surface area contributed by atoms with Crippen molar-refractivity contribution in [3.63, 3.8) is 0 Å². The van der Waals surface area contributed by atoms with Crippen molar-refractivity contribution in [1.82, 2.24) is 9.97 Å². The number of nitrogens with two attached hydrogens (primary N) is 1. The number of benzene rings is 2. The Balaban J connectivity index is 1.76. The molecule has 0 bridgehead atoms. The first-order valence-corrected chi connectivity index (χ1v) is 10.9. The van der Waals surface area contributed by atoms with E-state index in [0.717, 1.165) is 11.1 Å². The van der Waals surface area contributed by atoms with E-state index in [-0.39, 0.29) is 22.9 Å². The van der Waals surface area contributed by atoms with Crippen molar-refractivity contribution < 1.29 is 9.21 Å². The highest BCUT2D eigenvalue weighted by molar-refractivity contribution is 6.36. The van der Waals surface area contributed by atoms with E-state index in [1.165, 1.54) is 6.20 Å². The highest BCUT2D eigenvalue weighted by atomic mass is 35.5. The molecule has 0 amide bonds. The van der Waals surface area contributed by atoms with Crippen molar-refractivity contribution in [3.8, 4) is 22.4 Å². The molecular weight excluding hydrogens is 481 g/mol. The Kier molecular flexibility index (Phi) is 5.54. The summed E-state index contributed by atoms with van der Waals surface area (Å²) in [6.45, 7) is 0. The number of halogens is 3. The zero-order valence-corrected chi connectivity index (χ0v) is 19.1. The molecule has 0 aliphatic heterocycles. The molecule has 0 aliphatic rings. The predicted molar refractivity (Wildman–Crippen MR) is 132 cm³/mol. The number of aromatic nitrogens is 2. The highest BCUT2D eigenvalue weighted by Gasteiger charge is 2.24. The summed E-state index contributed by atoms with van der Waals surface area (Å²) in [5, 5.41) is 2.05. The van der Waals surface area contributed by atoms with E-state index < -0.39 is 0 Å². The van der Waals surface area contributed by atoms with Gasteiger partial charge in [-0.15, -0.1) is 0 Å². The number of hydrogen-bond donors (Lipinski definition) is 1. The summed E-state index contributed by atoms with van der Waals surface area (Å²) in [4.78, 5) is 21.7. The van der Waals surface area contributed by atoms with Crippen molar-refractivity contribution >= 4 is 57.4 Å². The molecular formula is C25H14Cl3N3O2. The smallest absolute Gasteiger partial charge is 0.232 e. The van der Waals surface area contributed by atoms with Crippen LogP contribution in [0, 0.1) is 0 Å². The molecule has 162 valence electrons. The molecule has 0 atom stereocenters. The number of nitrogen functional groups attached to an aromatic ring is 1. The first-order chi connectivity index (χ1) is 15.9. The summed E-state index contributed by atoms with van der Waals surface area (Å²) in [5.74, 6) is -0.371. The Hall–Kier alpha value is -3.38. The number of hydrogen-bond acceptors (Lipinski definition) is 5. The summed E-state index contributed by atoms with van der Waals surface area (Å²) < 4.78 is 5.85. The molecule has 0 unspecified atom stereocenters.